The first-order chi connectivity index (χ1) is 11.5. The predicted octanol–water partition coefficient (Wildman–Crippen LogP) is 3.37. The highest BCUT2D eigenvalue weighted by Gasteiger charge is 2.06. The Hall–Kier alpha value is -2.22. The molecule has 0 radical (unpaired) electrons. The van der Waals surface area contributed by atoms with Crippen molar-refractivity contribution in [2.75, 3.05) is 0 Å². The molecular weight excluding hydrogens is 344 g/mol. The highest BCUT2D eigenvalue weighted by atomic mass is 32.2. The maximum atomic E-state index is 11.0. The fourth-order valence-corrected chi connectivity index (χ4v) is 3.82. The molecule has 0 saturated heterocycles. The molecule has 3 rings (SSSR count). The van der Waals surface area contributed by atoms with Crippen molar-refractivity contribution < 1.29 is 13.0 Å². The highest BCUT2D eigenvalue weighted by Crippen LogP contribution is 2.21. The van der Waals surface area contributed by atoms with Crippen molar-refractivity contribution in [1.29, 1.82) is 0 Å². The molecule has 0 fully saturated rings. The first-order valence-electron chi connectivity index (χ1n) is 7.33. The van der Waals surface area contributed by atoms with E-state index in [-0.39, 0.29) is 4.90 Å². The minimum atomic E-state index is -4.43. The van der Waals surface area contributed by atoms with Crippen LogP contribution in [0.1, 0.15) is 6.92 Å². The molecule has 1 aromatic heterocycles. The molecule has 0 amide bonds. The monoisotopic (exact) mass is 359 g/mol. The van der Waals surface area contributed by atoms with Gasteiger partial charge in [0.1, 0.15) is 10.1 Å². The van der Waals surface area contributed by atoms with Crippen LogP contribution in [0.5, 0.6) is 0 Å². The molecule has 0 unspecified atom stereocenters. The summed E-state index contributed by atoms with van der Waals surface area (Å²) in [7, 11) is -4.43. The molecule has 0 N–H and O–H groups in total. The number of rotatable bonds is 4. The largest absolute Gasteiger partial charge is 0.744 e. The van der Waals surface area contributed by atoms with Gasteiger partial charge in [0.25, 0.3) is 0 Å². The van der Waals surface area contributed by atoms with Gasteiger partial charge in [-0.25, -0.2) is 13.4 Å². The van der Waals surface area contributed by atoms with Gasteiger partial charge in [-0.05, 0) is 36.8 Å². The fraction of sp³-hybridized carbons (Fsp3) is 0.118. The molecule has 2 aromatic carbocycles. The van der Waals surface area contributed by atoms with E-state index in [1.54, 1.807) is 0 Å². The third kappa shape index (κ3) is 3.48. The molecule has 0 aliphatic carbocycles. The summed E-state index contributed by atoms with van der Waals surface area (Å²) >= 11 is 1.52. The Morgan fingerprint density at radius 1 is 1.08 bits per heavy atom. The van der Waals surface area contributed by atoms with Crippen molar-refractivity contribution in [3.8, 4) is 11.3 Å². The molecule has 0 spiro atoms. The van der Waals surface area contributed by atoms with Gasteiger partial charge in [0.05, 0.1) is 16.3 Å². The van der Waals surface area contributed by atoms with Crippen LogP contribution in [0.2, 0.25) is 0 Å². The summed E-state index contributed by atoms with van der Waals surface area (Å²) in [6.45, 7) is 2.81. The zero-order valence-electron chi connectivity index (χ0n) is 12.9. The van der Waals surface area contributed by atoms with Crippen LogP contribution in [0.15, 0.2) is 69.9 Å². The van der Waals surface area contributed by atoms with Crippen LogP contribution >= 0.6 is 11.3 Å². The van der Waals surface area contributed by atoms with Crippen molar-refractivity contribution in [1.82, 2.24) is 4.57 Å². The van der Waals surface area contributed by atoms with Crippen LogP contribution in [0, 0.1) is 0 Å². The average molecular weight is 359 g/mol. The maximum Gasteiger partial charge on any atom is 0.190 e. The fourth-order valence-electron chi connectivity index (χ4n) is 2.36. The molecule has 0 atom stereocenters. The first kappa shape index (κ1) is 16.6. The molecule has 1 heterocycles. The molecule has 0 aliphatic heterocycles. The number of aromatic nitrogens is 1. The quantitative estimate of drug-likeness (QED) is 0.670. The van der Waals surface area contributed by atoms with Gasteiger partial charge in [-0.3, -0.25) is 0 Å². The zero-order chi connectivity index (χ0) is 17.2. The molecule has 124 valence electrons. The van der Waals surface area contributed by atoms with Gasteiger partial charge in [-0.2, -0.15) is 0 Å². The van der Waals surface area contributed by atoms with E-state index >= 15 is 0 Å². The summed E-state index contributed by atoms with van der Waals surface area (Å²) in [5.41, 5.74) is 2.80. The standard InChI is InChI=1S/C17H16N2O3S2/c1-2-19-16(13-6-4-3-5-7-13)12-23-17(19)18-14-8-10-15(11-9-14)24(20,21)22/h3-12H,2H2,1H3,(H,20,21,22)/p-1. The van der Waals surface area contributed by atoms with Crippen LogP contribution in [0.25, 0.3) is 11.3 Å². The Morgan fingerprint density at radius 3 is 2.33 bits per heavy atom. The van der Waals surface area contributed by atoms with Crippen molar-refractivity contribution in [3.05, 3.63) is 64.8 Å². The second-order valence-electron chi connectivity index (χ2n) is 5.07. The molecular formula is C17H15N2O3S2-. The molecule has 24 heavy (non-hydrogen) atoms. The Balaban J connectivity index is 2.04. The second-order valence-corrected chi connectivity index (χ2v) is 7.29. The van der Waals surface area contributed by atoms with Gasteiger partial charge in [0.2, 0.25) is 0 Å². The van der Waals surface area contributed by atoms with E-state index in [1.807, 2.05) is 42.6 Å². The normalized spacial score (nSPS) is 12.5. The Bertz CT molecular complexity index is 1000. The predicted molar refractivity (Wildman–Crippen MR) is 93.0 cm³/mol. The van der Waals surface area contributed by atoms with Crippen molar-refractivity contribution in [2.45, 2.75) is 18.4 Å². The summed E-state index contributed by atoms with van der Waals surface area (Å²) in [4.78, 5) is 5.13. The molecule has 5 nitrogen and oxygen atoms in total. The van der Waals surface area contributed by atoms with Crippen molar-refractivity contribution in [2.24, 2.45) is 4.99 Å². The van der Waals surface area contributed by atoms with Crippen LogP contribution in [-0.4, -0.2) is 17.5 Å². The molecule has 0 saturated carbocycles. The number of nitrogens with zero attached hydrogens (tertiary/aromatic N) is 2. The number of hydrogen-bond donors (Lipinski definition) is 0. The zero-order valence-corrected chi connectivity index (χ0v) is 14.5. The average Bonchev–Trinajstić information content (AvgIpc) is 2.98. The Morgan fingerprint density at radius 2 is 1.75 bits per heavy atom. The van der Waals surface area contributed by atoms with Gasteiger partial charge in [0, 0.05) is 11.9 Å². The lowest BCUT2D eigenvalue weighted by Crippen LogP contribution is -2.14. The van der Waals surface area contributed by atoms with E-state index in [4.69, 9.17) is 0 Å². The second kappa shape index (κ2) is 6.72. The smallest absolute Gasteiger partial charge is 0.190 e. The number of hydrogen-bond acceptors (Lipinski definition) is 5. The van der Waals surface area contributed by atoms with Crippen LogP contribution < -0.4 is 4.80 Å². The van der Waals surface area contributed by atoms with Crippen LogP contribution in [-0.2, 0) is 16.7 Å². The Labute approximate surface area is 144 Å². The van der Waals surface area contributed by atoms with E-state index in [9.17, 15) is 13.0 Å². The van der Waals surface area contributed by atoms with Gasteiger partial charge in [-0.1, -0.05) is 30.3 Å². The molecule has 3 aromatic rings. The van der Waals surface area contributed by atoms with Gasteiger partial charge >= 0.3 is 0 Å². The van der Waals surface area contributed by atoms with E-state index in [0.717, 1.165) is 22.6 Å². The van der Waals surface area contributed by atoms with Gasteiger partial charge < -0.3 is 9.12 Å². The minimum absolute atomic E-state index is 0.249. The summed E-state index contributed by atoms with van der Waals surface area (Å²) in [5.74, 6) is 0. The summed E-state index contributed by atoms with van der Waals surface area (Å²) in [6.07, 6.45) is 0. The third-order valence-electron chi connectivity index (χ3n) is 3.53. The third-order valence-corrected chi connectivity index (χ3v) is 5.25. The van der Waals surface area contributed by atoms with E-state index < -0.39 is 10.1 Å². The van der Waals surface area contributed by atoms with Crippen LogP contribution in [0.3, 0.4) is 0 Å². The van der Waals surface area contributed by atoms with Gasteiger partial charge in [0.15, 0.2) is 4.80 Å². The lowest BCUT2D eigenvalue weighted by molar-refractivity contribution is 0.463. The maximum absolute atomic E-state index is 11.0. The SMILES string of the molecule is CCn1c(-c2ccccc2)csc1=Nc1ccc(S(=O)(=O)[O-])cc1. The number of benzene rings is 2. The minimum Gasteiger partial charge on any atom is -0.744 e. The lowest BCUT2D eigenvalue weighted by atomic mass is 10.2. The summed E-state index contributed by atoms with van der Waals surface area (Å²) in [5, 5.41) is 2.05. The van der Waals surface area contributed by atoms with E-state index in [0.29, 0.717) is 5.69 Å². The van der Waals surface area contributed by atoms with Crippen molar-refractivity contribution >= 4 is 27.1 Å². The van der Waals surface area contributed by atoms with Gasteiger partial charge in [-0.15, -0.1) is 11.3 Å². The first-order valence-corrected chi connectivity index (χ1v) is 9.62. The van der Waals surface area contributed by atoms with Crippen LogP contribution in [0.4, 0.5) is 5.69 Å². The number of thiazole rings is 1. The molecule has 0 aliphatic rings. The molecule has 7 heteroatoms. The molecule has 0 bridgehead atoms. The highest BCUT2D eigenvalue weighted by molar-refractivity contribution is 7.85. The topological polar surface area (TPSA) is 74.5 Å². The van der Waals surface area contributed by atoms with Crippen molar-refractivity contribution in [3.63, 3.8) is 0 Å². The lowest BCUT2D eigenvalue weighted by Gasteiger charge is -2.07. The Kier molecular flexibility index (Phi) is 4.66. The summed E-state index contributed by atoms with van der Waals surface area (Å²) < 4.78 is 35.0. The van der Waals surface area contributed by atoms with E-state index in [2.05, 4.69) is 9.56 Å². The summed E-state index contributed by atoms with van der Waals surface area (Å²) in [6, 6.07) is 15.7. The van der Waals surface area contributed by atoms with E-state index in [1.165, 1.54) is 35.6 Å².